The fourth-order valence-electron chi connectivity index (χ4n) is 1.74. The molecule has 1 rings (SSSR count). The van der Waals surface area contributed by atoms with Crippen LogP contribution in [0.3, 0.4) is 0 Å². The molecule has 0 unspecified atom stereocenters. The number of hydrogen-bond acceptors (Lipinski definition) is 2. The maximum Gasteiger partial charge on any atom is 0.156 e. The Balaban J connectivity index is 2.68. The fraction of sp³-hybridized carbons (Fsp3) is 0.412. The van der Waals surface area contributed by atoms with Gasteiger partial charge in [0.2, 0.25) is 0 Å². The van der Waals surface area contributed by atoms with Crippen molar-refractivity contribution in [1.82, 2.24) is 0 Å². The minimum absolute atomic E-state index is 0.446. The van der Waals surface area contributed by atoms with Crippen LogP contribution in [0.25, 0.3) is 0 Å². The second-order valence-electron chi connectivity index (χ2n) is 4.61. The molecule has 0 fully saturated rings. The highest BCUT2D eigenvalue weighted by atomic mass is 35.5. The van der Waals surface area contributed by atoms with E-state index in [4.69, 9.17) is 44.3 Å². The zero-order valence-corrected chi connectivity index (χ0v) is 15.1. The van der Waals surface area contributed by atoms with E-state index in [2.05, 4.69) is 0 Å². The van der Waals surface area contributed by atoms with Crippen molar-refractivity contribution in [2.24, 2.45) is 0 Å². The molecule has 0 atom stereocenters. The van der Waals surface area contributed by atoms with Crippen LogP contribution in [0.15, 0.2) is 35.9 Å². The van der Waals surface area contributed by atoms with E-state index in [-0.39, 0.29) is 0 Å². The Labute approximate surface area is 147 Å². The van der Waals surface area contributed by atoms with Gasteiger partial charge in [-0.2, -0.15) is 0 Å². The highest BCUT2D eigenvalue weighted by Gasteiger charge is 2.10. The molecule has 0 aromatic heterocycles. The van der Waals surface area contributed by atoms with Gasteiger partial charge < -0.3 is 9.47 Å². The Morgan fingerprint density at radius 1 is 1.09 bits per heavy atom. The average Bonchev–Trinajstić information content (AvgIpc) is 2.50. The van der Waals surface area contributed by atoms with E-state index in [0.29, 0.717) is 40.6 Å². The summed E-state index contributed by atoms with van der Waals surface area (Å²) in [5.41, 5.74) is 1.08. The Kier molecular flexibility index (Phi) is 9.45. The number of halogens is 3. The first kappa shape index (κ1) is 19.2. The molecule has 2 nitrogen and oxygen atoms in total. The van der Waals surface area contributed by atoms with Crippen LogP contribution in [-0.2, 0) is 0 Å². The van der Waals surface area contributed by atoms with Crippen molar-refractivity contribution < 1.29 is 9.47 Å². The smallest absolute Gasteiger partial charge is 0.156 e. The van der Waals surface area contributed by atoms with Crippen LogP contribution in [0, 0.1) is 0 Å². The van der Waals surface area contributed by atoms with Crippen molar-refractivity contribution in [3.05, 3.63) is 46.0 Å². The molecular formula is C17H21Cl3O2. The summed E-state index contributed by atoms with van der Waals surface area (Å²) in [6.45, 7) is 4.93. The summed E-state index contributed by atoms with van der Waals surface area (Å²) >= 11 is 18.1. The molecule has 0 aliphatic carbocycles. The van der Waals surface area contributed by atoms with Crippen LogP contribution in [-0.4, -0.2) is 19.1 Å². The van der Waals surface area contributed by atoms with Gasteiger partial charge >= 0.3 is 0 Å². The zero-order chi connectivity index (χ0) is 16.4. The molecule has 0 heterocycles. The second-order valence-corrected chi connectivity index (χ2v) is 5.81. The van der Waals surface area contributed by atoms with E-state index >= 15 is 0 Å². The third-order valence-corrected chi connectivity index (χ3v) is 3.73. The minimum atomic E-state index is 0.446. The normalized spacial score (nSPS) is 12.0. The Hall–Kier alpha value is -0.830. The van der Waals surface area contributed by atoms with Gasteiger partial charge in [0.25, 0.3) is 0 Å². The zero-order valence-electron chi connectivity index (χ0n) is 12.9. The van der Waals surface area contributed by atoms with E-state index in [1.54, 1.807) is 12.1 Å². The fourth-order valence-corrected chi connectivity index (χ4v) is 2.50. The molecular weight excluding hydrogens is 343 g/mol. The molecule has 5 heteroatoms. The lowest BCUT2D eigenvalue weighted by atomic mass is 10.2. The molecule has 0 amide bonds. The first-order chi connectivity index (χ1) is 10.6. The van der Waals surface area contributed by atoms with Crippen LogP contribution < -0.4 is 9.47 Å². The lowest BCUT2D eigenvalue weighted by Gasteiger charge is -2.13. The number of alkyl halides is 1. The van der Waals surface area contributed by atoms with Gasteiger partial charge in [0.15, 0.2) is 5.75 Å². The lowest BCUT2D eigenvalue weighted by molar-refractivity contribution is 0.308. The minimum Gasteiger partial charge on any atom is -0.490 e. The summed E-state index contributed by atoms with van der Waals surface area (Å²) in [6.07, 6.45) is 7.73. The number of ether oxygens (including phenoxy) is 2. The van der Waals surface area contributed by atoms with Gasteiger partial charge in [0, 0.05) is 18.0 Å². The van der Waals surface area contributed by atoms with E-state index in [1.807, 2.05) is 32.1 Å². The molecule has 0 aliphatic rings. The SMILES string of the molecule is C/C=C\C(=C/C)COc1cc(Cl)c(OCCCCCl)c(Cl)c1. The molecule has 1 aromatic carbocycles. The van der Waals surface area contributed by atoms with Gasteiger partial charge in [-0.25, -0.2) is 0 Å². The topological polar surface area (TPSA) is 18.5 Å². The molecule has 0 saturated heterocycles. The van der Waals surface area contributed by atoms with Crippen LogP contribution in [0.1, 0.15) is 26.7 Å². The first-order valence-corrected chi connectivity index (χ1v) is 8.49. The van der Waals surface area contributed by atoms with Gasteiger partial charge in [0.05, 0.1) is 16.7 Å². The van der Waals surface area contributed by atoms with Gasteiger partial charge in [-0.05, 0) is 32.3 Å². The van der Waals surface area contributed by atoms with Gasteiger partial charge in [-0.3, -0.25) is 0 Å². The van der Waals surface area contributed by atoms with E-state index in [0.717, 1.165) is 18.4 Å². The van der Waals surface area contributed by atoms with E-state index in [1.165, 1.54) is 0 Å². The number of allylic oxidation sites excluding steroid dienone is 2. The first-order valence-electron chi connectivity index (χ1n) is 7.20. The number of rotatable bonds is 9. The molecule has 22 heavy (non-hydrogen) atoms. The summed E-state index contributed by atoms with van der Waals surface area (Å²) < 4.78 is 11.3. The second kappa shape index (κ2) is 10.8. The van der Waals surface area contributed by atoms with Crippen molar-refractivity contribution >= 4 is 34.8 Å². The van der Waals surface area contributed by atoms with Crippen LogP contribution in [0.5, 0.6) is 11.5 Å². The Morgan fingerprint density at radius 2 is 1.77 bits per heavy atom. The van der Waals surface area contributed by atoms with Crippen LogP contribution in [0.4, 0.5) is 0 Å². The van der Waals surface area contributed by atoms with E-state index in [9.17, 15) is 0 Å². The third-order valence-electron chi connectivity index (χ3n) is 2.90. The largest absolute Gasteiger partial charge is 0.490 e. The monoisotopic (exact) mass is 362 g/mol. The Morgan fingerprint density at radius 3 is 2.32 bits per heavy atom. The molecule has 1 aromatic rings. The van der Waals surface area contributed by atoms with Crippen molar-refractivity contribution in [2.45, 2.75) is 26.7 Å². The molecule has 0 spiro atoms. The number of unbranched alkanes of at least 4 members (excludes halogenated alkanes) is 1. The van der Waals surface area contributed by atoms with E-state index < -0.39 is 0 Å². The maximum absolute atomic E-state index is 6.21. The predicted octanol–water partition coefficient (Wildman–Crippen LogP) is 6.29. The molecule has 0 radical (unpaired) electrons. The maximum atomic E-state index is 6.21. The highest BCUT2D eigenvalue weighted by molar-refractivity contribution is 6.37. The predicted molar refractivity (Wildman–Crippen MR) is 96.0 cm³/mol. The standard InChI is InChI=1S/C17H21Cl3O2/c1-3-7-13(4-2)12-22-14-10-15(19)17(16(20)11-14)21-9-6-5-8-18/h3-4,7,10-11H,5-6,8-9,12H2,1-2H3/b7-3-,13-4+. The summed E-state index contributed by atoms with van der Waals surface area (Å²) in [5, 5.41) is 0.892. The Bertz CT molecular complexity index is 502. The lowest BCUT2D eigenvalue weighted by Crippen LogP contribution is -2.01. The quantitative estimate of drug-likeness (QED) is 0.291. The number of benzene rings is 1. The van der Waals surface area contributed by atoms with Crippen molar-refractivity contribution in [3.63, 3.8) is 0 Å². The summed E-state index contributed by atoms with van der Waals surface area (Å²) in [7, 11) is 0. The van der Waals surface area contributed by atoms with Gasteiger partial charge in [0.1, 0.15) is 12.4 Å². The van der Waals surface area contributed by atoms with Crippen LogP contribution >= 0.6 is 34.8 Å². The van der Waals surface area contributed by atoms with Crippen molar-refractivity contribution in [1.29, 1.82) is 0 Å². The number of hydrogen-bond donors (Lipinski definition) is 0. The molecule has 0 N–H and O–H groups in total. The highest BCUT2D eigenvalue weighted by Crippen LogP contribution is 2.37. The third kappa shape index (κ3) is 6.51. The van der Waals surface area contributed by atoms with Crippen molar-refractivity contribution in [3.8, 4) is 11.5 Å². The summed E-state index contributed by atoms with van der Waals surface area (Å²) in [6, 6.07) is 3.43. The molecule has 0 aliphatic heterocycles. The average molecular weight is 364 g/mol. The summed E-state index contributed by atoms with van der Waals surface area (Å²) in [4.78, 5) is 0. The summed E-state index contributed by atoms with van der Waals surface area (Å²) in [5.74, 6) is 1.73. The van der Waals surface area contributed by atoms with Crippen LogP contribution in [0.2, 0.25) is 10.0 Å². The molecule has 0 saturated carbocycles. The molecule has 0 bridgehead atoms. The van der Waals surface area contributed by atoms with Gasteiger partial charge in [-0.15, -0.1) is 11.6 Å². The van der Waals surface area contributed by atoms with Crippen molar-refractivity contribution in [2.75, 3.05) is 19.1 Å². The van der Waals surface area contributed by atoms with Gasteiger partial charge in [-0.1, -0.05) is 41.4 Å². The molecule has 122 valence electrons.